The second-order valence-corrected chi connectivity index (χ2v) is 5.35. The first-order valence-corrected chi connectivity index (χ1v) is 6.24. The highest BCUT2D eigenvalue weighted by molar-refractivity contribution is 4.88. The molecule has 0 radical (unpaired) electrons. The van der Waals surface area contributed by atoms with E-state index in [0.717, 1.165) is 12.5 Å². The molecule has 2 rings (SSSR count). The van der Waals surface area contributed by atoms with E-state index in [4.69, 9.17) is 0 Å². The normalized spacial score (nSPS) is 33.2. The quantitative estimate of drug-likeness (QED) is 0.656. The zero-order valence-electron chi connectivity index (χ0n) is 9.44. The second kappa shape index (κ2) is 4.63. The maximum atomic E-state index is 3.64. The Hall–Kier alpha value is -0.0800. The molecule has 0 amide bonds. The summed E-state index contributed by atoms with van der Waals surface area (Å²) in [5.74, 6) is 1.06. The summed E-state index contributed by atoms with van der Waals surface area (Å²) in [6, 6.07) is 0. The zero-order valence-corrected chi connectivity index (χ0v) is 9.44. The number of piperidine rings is 1. The van der Waals surface area contributed by atoms with E-state index < -0.39 is 0 Å². The lowest BCUT2D eigenvalue weighted by Crippen LogP contribution is -2.52. The van der Waals surface area contributed by atoms with Crippen molar-refractivity contribution in [2.45, 2.75) is 51.0 Å². The summed E-state index contributed by atoms with van der Waals surface area (Å²) in [6.07, 6.45) is 8.46. The highest BCUT2D eigenvalue weighted by atomic mass is 15.0. The van der Waals surface area contributed by atoms with Crippen molar-refractivity contribution in [3.63, 3.8) is 0 Å². The van der Waals surface area contributed by atoms with Crippen LogP contribution in [0, 0.1) is 5.92 Å². The van der Waals surface area contributed by atoms with Gasteiger partial charge in [0.1, 0.15) is 0 Å². The van der Waals surface area contributed by atoms with Gasteiger partial charge >= 0.3 is 0 Å². The van der Waals surface area contributed by atoms with Gasteiger partial charge in [-0.3, -0.25) is 0 Å². The lowest BCUT2D eigenvalue weighted by Gasteiger charge is -2.35. The van der Waals surface area contributed by atoms with Gasteiger partial charge in [0.05, 0.1) is 0 Å². The van der Waals surface area contributed by atoms with Crippen LogP contribution >= 0.6 is 0 Å². The largest absolute Gasteiger partial charge is 0.315 e. The molecule has 1 saturated carbocycles. The minimum atomic E-state index is 0.377. The first-order valence-electron chi connectivity index (χ1n) is 6.24. The molecule has 0 aromatic rings. The van der Waals surface area contributed by atoms with Gasteiger partial charge in [-0.15, -0.1) is 0 Å². The van der Waals surface area contributed by atoms with Gasteiger partial charge in [-0.05, 0) is 45.2 Å². The van der Waals surface area contributed by atoms with Crippen molar-refractivity contribution in [2.75, 3.05) is 19.6 Å². The molecule has 1 atom stereocenters. The van der Waals surface area contributed by atoms with Gasteiger partial charge < -0.3 is 10.6 Å². The Kier molecular flexibility index (Phi) is 3.45. The van der Waals surface area contributed by atoms with Gasteiger partial charge in [-0.2, -0.15) is 0 Å². The number of nitrogens with one attached hydrogen (secondary N) is 2. The number of rotatable bonds is 5. The molecule has 14 heavy (non-hydrogen) atoms. The van der Waals surface area contributed by atoms with Crippen LogP contribution < -0.4 is 10.6 Å². The molecule has 2 heteroatoms. The minimum Gasteiger partial charge on any atom is -0.315 e. The third-order valence-corrected chi connectivity index (χ3v) is 3.65. The van der Waals surface area contributed by atoms with E-state index in [9.17, 15) is 0 Å². The Morgan fingerprint density at radius 1 is 1.36 bits per heavy atom. The van der Waals surface area contributed by atoms with Crippen LogP contribution in [-0.2, 0) is 0 Å². The molecule has 1 heterocycles. The van der Waals surface area contributed by atoms with Crippen LogP contribution in [0.25, 0.3) is 0 Å². The van der Waals surface area contributed by atoms with Crippen molar-refractivity contribution in [3.8, 4) is 0 Å². The molecule has 1 saturated heterocycles. The molecule has 1 unspecified atom stereocenters. The molecule has 0 aromatic heterocycles. The fourth-order valence-electron chi connectivity index (χ4n) is 2.35. The molecule has 0 spiro atoms. The fourth-order valence-corrected chi connectivity index (χ4v) is 2.35. The van der Waals surface area contributed by atoms with Gasteiger partial charge in [0.25, 0.3) is 0 Å². The maximum absolute atomic E-state index is 3.64. The van der Waals surface area contributed by atoms with Crippen molar-refractivity contribution in [2.24, 2.45) is 5.92 Å². The van der Waals surface area contributed by atoms with Gasteiger partial charge in [0.2, 0.25) is 0 Å². The van der Waals surface area contributed by atoms with Crippen molar-refractivity contribution in [1.82, 2.24) is 10.6 Å². The van der Waals surface area contributed by atoms with Crippen molar-refractivity contribution in [3.05, 3.63) is 0 Å². The molecule has 2 aliphatic rings. The summed E-state index contributed by atoms with van der Waals surface area (Å²) < 4.78 is 0. The predicted molar refractivity (Wildman–Crippen MR) is 60.5 cm³/mol. The maximum Gasteiger partial charge on any atom is 0.0277 e. The number of hydrogen-bond donors (Lipinski definition) is 2. The van der Waals surface area contributed by atoms with E-state index in [-0.39, 0.29) is 0 Å². The predicted octanol–water partition coefficient (Wildman–Crippen LogP) is 1.91. The molecule has 82 valence electrons. The lowest BCUT2D eigenvalue weighted by atomic mass is 9.91. The molecule has 1 aliphatic heterocycles. The van der Waals surface area contributed by atoms with Gasteiger partial charge in [0, 0.05) is 12.1 Å². The van der Waals surface area contributed by atoms with Crippen LogP contribution in [0.1, 0.15) is 45.4 Å². The summed E-state index contributed by atoms with van der Waals surface area (Å²) in [5, 5.41) is 7.24. The van der Waals surface area contributed by atoms with E-state index in [1.54, 1.807) is 0 Å². The third-order valence-electron chi connectivity index (χ3n) is 3.65. The first-order chi connectivity index (χ1) is 6.79. The highest BCUT2D eigenvalue weighted by Gasteiger charge is 2.26. The van der Waals surface area contributed by atoms with E-state index in [1.807, 2.05) is 0 Å². The minimum absolute atomic E-state index is 0.377. The van der Waals surface area contributed by atoms with Crippen LogP contribution in [0.2, 0.25) is 0 Å². The summed E-state index contributed by atoms with van der Waals surface area (Å²) in [4.78, 5) is 0. The van der Waals surface area contributed by atoms with E-state index in [0.29, 0.717) is 5.54 Å². The Bertz CT molecular complexity index is 169. The van der Waals surface area contributed by atoms with Crippen LogP contribution in [0.3, 0.4) is 0 Å². The summed E-state index contributed by atoms with van der Waals surface area (Å²) >= 11 is 0. The fraction of sp³-hybridized carbons (Fsp3) is 1.00. The Balaban J connectivity index is 1.57. The third kappa shape index (κ3) is 3.25. The number of hydrogen-bond acceptors (Lipinski definition) is 2. The average molecular weight is 196 g/mol. The second-order valence-electron chi connectivity index (χ2n) is 5.35. The van der Waals surface area contributed by atoms with Crippen LogP contribution in [-0.4, -0.2) is 25.2 Å². The van der Waals surface area contributed by atoms with Crippen LogP contribution in [0.4, 0.5) is 0 Å². The summed E-state index contributed by atoms with van der Waals surface area (Å²) in [6.45, 7) is 5.94. The zero-order chi connectivity index (χ0) is 9.86. The molecular formula is C12H24N2. The Labute approximate surface area is 87.8 Å². The Morgan fingerprint density at radius 3 is 2.86 bits per heavy atom. The molecule has 2 nitrogen and oxygen atoms in total. The van der Waals surface area contributed by atoms with Gasteiger partial charge in [0.15, 0.2) is 0 Å². The summed E-state index contributed by atoms with van der Waals surface area (Å²) in [5.41, 5.74) is 0.377. The highest BCUT2D eigenvalue weighted by Crippen LogP contribution is 2.31. The smallest absolute Gasteiger partial charge is 0.0277 e. The standard InChI is InChI=1S/C12H24N2/c1-12(7-2-3-8-14-12)10-13-9-6-11-4-5-11/h11,13-14H,2-10H2,1H3. The average Bonchev–Trinajstić information content (AvgIpc) is 2.97. The monoisotopic (exact) mass is 196 g/mol. The SMILES string of the molecule is CC1(CNCCC2CC2)CCCCN1. The van der Waals surface area contributed by atoms with Crippen LogP contribution in [0.5, 0.6) is 0 Å². The molecule has 0 bridgehead atoms. The van der Waals surface area contributed by atoms with Gasteiger partial charge in [-0.25, -0.2) is 0 Å². The van der Waals surface area contributed by atoms with E-state index in [2.05, 4.69) is 17.6 Å². The first kappa shape index (κ1) is 10.4. The van der Waals surface area contributed by atoms with E-state index >= 15 is 0 Å². The van der Waals surface area contributed by atoms with E-state index in [1.165, 1.54) is 51.6 Å². The Morgan fingerprint density at radius 2 is 2.21 bits per heavy atom. The topological polar surface area (TPSA) is 24.1 Å². The molecule has 2 fully saturated rings. The molecule has 2 N–H and O–H groups in total. The molecule has 0 aromatic carbocycles. The molecular weight excluding hydrogens is 172 g/mol. The lowest BCUT2D eigenvalue weighted by molar-refractivity contribution is 0.266. The molecule has 1 aliphatic carbocycles. The van der Waals surface area contributed by atoms with Crippen LogP contribution in [0.15, 0.2) is 0 Å². The van der Waals surface area contributed by atoms with Gasteiger partial charge in [-0.1, -0.05) is 19.3 Å². The van der Waals surface area contributed by atoms with Crippen molar-refractivity contribution in [1.29, 1.82) is 0 Å². The summed E-state index contributed by atoms with van der Waals surface area (Å²) in [7, 11) is 0. The van der Waals surface area contributed by atoms with Crippen molar-refractivity contribution >= 4 is 0 Å². The van der Waals surface area contributed by atoms with Crippen molar-refractivity contribution < 1.29 is 0 Å².